The summed E-state index contributed by atoms with van der Waals surface area (Å²) in [6.45, 7) is 6.86. The summed E-state index contributed by atoms with van der Waals surface area (Å²) in [6.07, 6.45) is 0.784. The van der Waals surface area contributed by atoms with Gasteiger partial charge in [-0.1, -0.05) is 93.1 Å². The summed E-state index contributed by atoms with van der Waals surface area (Å²) in [6, 6.07) is 25.8. The quantitative estimate of drug-likeness (QED) is 0.155. The van der Waals surface area contributed by atoms with Crippen molar-refractivity contribution in [3.8, 4) is 5.75 Å². The molecule has 1 saturated heterocycles. The van der Waals surface area contributed by atoms with Gasteiger partial charge >= 0.3 is 6.09 Å². The molecule has 3 amide bonds. The first-order valence-electron chi connectivity index (χ1n) is 17.4. The van der Waals surface area contributed by atoms with Gasteiger partial charge < -0.3 is 35.4 Å². The Morgan fingerprint density at radius 3 is 2.29 bits per heavy atom. The highest BCUT2D eigenvalue weighted by Crippen LogP contribution is 2.35. The number of likely N-dealkylation sites (tertiary alicyclic amines) is 1. The second-order valence-electron chi connectivity index (χ2n) is 12.8. The molecule has 1 aliphatic rings. The average molecular weight is 673 g/mol. The zero-order chi connectivity index (χ0) is 35.2. The lowest BCUT2D eigenvalue weighted by atomic mass is 9.82. The lowest BCUT2D eigenvalue weighted by Gasteiger charge is -2.36. The molecular weight excluding hydrogens is 620 g/mol. The Balaban J connectivity index is 1.57. The van der Waals surface area contributed by atoms with Gasteiger partial charge in [-0.3, -0.25) is 9.59 Å². The maximum Gasteiger partial charge on any atom is 0.407 e. The molecule has 10 nitrogen and oxygen atoms in total. The van der Waals surface area contributed by atoms with E-state index in [9.17, 15) is 19.5 Å². The zero-order valence-electron chi connectivity index (χ0n) is 29.2. The van der Waals surface area contributed by atoms with E-state index < -0.39 is 29.8 Å². The number of aliphatic hydroxyl groups excluding tert-OH is 1. The Morgan fingerprint density at radius 2 is 1.63 bits per heavy atom. The summed E-state index contributed by atoms with van der Waals surface area (Å²) < 4.78 is 10.5. The Hall–Kier alpha value is -4.41. The number of benzene rings is 3. The Morgan fingerprint density at radius 1 is 0.959 bits per heavy atom. The summed E-state index contributed by atoms with van der Waals surface area (Å²) in [7, 11) is 1.62. The van der Waals surface area contributed by atoms with Crippen LogP contribution in [0.2, 0.25) is 0 Å². The van der Waals surface area contributed by atoms with Gasteiger partial charge in [0.15, 0.2) is 0 Å². The van der Waals surface area contributed by atoms with Gasteiger partial charge in [-0.05, 0) is 67.3 Å². The number of ether oxygens (including phenoxy) is 2. The van der Waals surface area contributed by atoms with Gasteiger partial charge in [-0.15, -0.1) is 0 Å². The number of carbonyl (C=O) groups excluding carboxylic acids is 3. The van der Waals surface area contributed by atoms with Gasteiger partial charge in [0.25, 0.3) is 0 Å². The first kappa shape index (κ1) is 37.4. The van der Waals surface area contributed by atoms with Gasteiger partial charge in [-0.2, -0.15) is 0 Å². The molecule has 1 unspecified atom stereocenters. The molecule has 4 rings (SSSR count). The molecule has 1 heterocycles. The van der Waals surface area contributed by atoms with Crippen LogP contribution in [0.5, 0.6) is 5.75 Å². The molecule has 0 saturated carbocycles. The second-order valence-corrected chi connectivity index (χ2v) is 12.8. The molecule has 0 aliphatic carbocycles. The first-order valence-corrected chi connectivity index (χ1v) is 17.4. The van der Waals surface area contributed by atoms with E-state index in [0.717, 1.165) is 22.4 Å². The van der Waals surface area contributed by atoms with Crippen molar-refractivity contribution >= 4 is 17.9 Å². The fourth-order valence-electron chi connectivity index (χ4n) is 6.55. The Bertz CT molecular complexity index is 1490. The lowest BCUT2D eigenvalue weighted by Crippen LogP contribution is -2.61. The zero-order valence-corrected chi connectivity index (χ0v) is 29.2. The van der Waals surface area contributed by atoms with Gasteiger partial charge in [-0.25, -0.2) is 4.79 Å². The van der Waals surface area contributed by atoms with Crippen LogP contribution in [0.4, 0.5) is 4.79 Å². The van der Waals surface area contributed by atoms with E-state index in [0.29, 0.717) is 45.2 Å². The number of aryl methyl sites for hydroxylation is 1. The van der Waals surface area contributed by atoms with E-state index in [1.54, 1.807) is 18.9 Å². The van der Waals surface area contributed by atoms with E-state index in [4.69, 9.17) is 9.47 Å². The van der Waals surface area contributed by atoms with Crippen molar-refractivity contribution in [2.75, 3.05) is 26.8 Å². The van der Waals surface area contributed by atoms with Crippen LogP contribution in [-0.4, -0.2) is 78.4 Å². The molecule has 3 aromatic carbocycles. The Kier molecular flexibility index (Phi) is 14.0. The fraction of sp³-hybridized carbons (Fsp3) is 0.462. The first-order chi connectivity index (χ1) is 23.7. The van der Waals surface area contributed by atoms with E-state index in [1.165, 1.54) is 0 Å². The van der Waals surface area contributed by atoms with E-state index in [2.05, 4.69) is 16.0 Å². The molecular formula is C39H52N4O6. The van der Waals surface area contributed by atoms with Gasteiger partial charge in [0.2, 0.25) is 11.8 Å². The predicted molar refractivity (Wildman–Crippen MR) is 190 cm³/mol. The van der Waals surface area contributed by atoms with Crippen LogP contribution >= 0.6 is 0 Å². The normalized spacial score (nSPS) is 18.3. The minimum absolute atomic E-state index is 0.182. The summed E-state index contributed by atoms with van der Waals surface area (Å²) in [5.41, 5.74) is 1.84. The minimum atomic E-state index is -1.18. The van der Waals surface area contributed by atoms with Gasteiger partial charge in [0, 0.05) is 19.6 Å². The molecule has 0 aromatic heterocycles. The highest BCUT2D eigenvalue weighted by atomic mass is 16.5. The SMILES string of the molecule is CCOC(=O)N[C@]1(C(C)CC)CCN([C@@H](CCc2ccccc2)C(=O)N[C@@H](Cc2ccccc2)[C@@H](O)CNCc2cccc(OC)c2)C1=O. The van der Waals surface area contributed by atoms with Crippen LogP contribution in [-0.2, 0) is 33.7 Å². The number of amides is 3. The number of alkyl carbamates (subject to hydrolysis) is 1. The van der Waals surface area contributed by atoms with E-state index in [-0.39, 0.29) is 30.9 Å². The number of nitrogens with zero attached hydrogens (tertiary/aromatic N) is 1. The number of carbonyl (C=O) groups is 3. The van der Waals surface area contributed by atoms with Crippen LogP contribution in [0, 0.1) is 5.92 Å². The summed E-state index contributed by atoms with van der Waals surface area (Å²) in [5.74, 6) is -0.0613. The molecule has 0 spiro atoms. The maximum atomic E-state index is 14.4. The number of aliphatic hydroxyl groups is 1. The molecule has 49 heavy (non-hydrogen) atoms. The van der Waals surface area contributed by atoms with Crippen molar-refractivity contribution in [1.82, 2.24) is 20.9 Å². The molecule has 1 aliphatic heterocycles. The molecule has 1 fully saturated rings. The topological polar surface area (TPSA) is 129 Å². The maximum absolute atomic E-state index is 14.4. The molecule has 0 radical (unpaired) electrons. The van der Waals surface area contributed by atoms with Crippen LogP contribution in [0.25, 0.3) is 0 Å². The van der Waals surface area contributed by atoms with Crippen molar-refractivity contribution in [3.05, 3.63) is 102 Å². The van der Waals surface area contributed by atoms with Crippen LogP contribution in [0.15, 0.2) is 84.9 Å². The fourth-order valence-corrected chi connectivity index (χ4v) is 6.55. The third-order valence-corrected chi connectivity index (χ3v) is 9.58. The molecule has 3 aromatic rings. The van der Waals surface area contributed by atoms with E-state index >= 15 is 0 Å². The van der Waals surface area contributed by atoms with Gasteiger partial charge in [0.05, 0.1) is 25.9 Å². The monoisotopic (exact) mass is 672 g/mol. The molecule has 10 heteroatoms. The molecule has 0 bridgehead atoms. The third-order valence-electron chi connectivity index (χ3n) is 9.58. The molecule has 4 N–H and O–H groups in total. The predicted octanol–water partition coefficient (Wildman–Crippen LogP) is 4.64. The highest BCUT2D eigenvalue weighted by molar-refractivity contribution is 5.96. The van der Waals surface area contributed by atoms with Crippen molar-refractivity contribution in [2.24, 2.45) is 5.92 Å². The summed E-state index contributed by atoms with van der Waals surface area (Å²) in [4.78, 5) is 43.0. The van der Waals surface area contributed by atoms with Crippen LogP contribution < -0.4 is 20.7 Å². The van der Waals surface area contributed by atoms with Crippen molar-refractivity contribution in [2.45, 2.75) is 83.1 Å². The number of nitrogens with one attached hydrogen (secondary N) is 3. The number of rotatable bonds is 18. The van der Waals surface area contributed by atoms with Gasteiger partial charge in [0.1, 0.15) is 17.3 Å². The number of hydrogen-bond donors (Lipinski definition) is 4. The average Bonchev–Trinajstić information content (AvgIpc) is 3.44. The Labute approximate surface area is 290 Å². The molecule has 264 valence electrons. The summed E-state index contributed by atoms with van der Waals surface area (Å²) in [5, 5.41) is 20.8. The highest BCUT2D eigenvalue weighted by Gasteiger charge is 2.53. The van der Waals surface area contributed by atoms with Crippen molar-refractivity contribution in [1.29, 1.82) is 0 Å². The number of hydrogen-bond acceptors (Lipinski definition) is 7. The van der Waals surface area contributed by atoms with E-state index in [1.807, 2.05) is 98.8 Å². The largest absolute Gasteiger partial charge is 0.497 e. The third kappa shape index (κ3) is 10.1. The van der Waals surface area contributed by atoms with Crippen molar-refractivity contribution in [3.63, 3.8) is 0 Å². The molecule has 5 atom stereocenters. The smallest absolute Gasteiger partial charge is 0.407 e. The van der Waals surface area contributed by atoms with Crippen LogP contribution in [0.3, 0.4) is 0 Å². The van der Waals surface area contributed by atoms with Crippen molar-refractivity contribution < 1.29 is 29.0 Å². The van der Waals surface area contributed by atoms with Crippen LogP contribution in [0.1, 0.15) is 56.7 Å². The number of methoxy groups -OCH3 is 1. The summed E-state index contributed by atoms with van der Waals surface area (Å²) >= 11 is 0. The lowest BCUT2D eigenvalue weighted by molar-refractivity contribution is -0.142. The standard InChI is InChI=1S/C39H52N4O6/c1-5-28(3)39(42-38(47)49-6-2)22-23-43(37(39)46)34(21-20-29-14-9-7-10-15-29)36(45)41-33(25-30-16-11-8-12-17-30)35(44)27-40-26-31-18-13-19-32(24-31)48-4/h7-19,24,28,33-35,40,44H,5-6,20-23,25-27H2,1-4H3,(H,41,45)(H,42,47)/t28?,33-,34-,35-,39-/m0/s1. The second kappa shape index (κ2) is 18.4. The minimum Gasteiger partial charge on any atom is -0.497 e.